The molecule has 0 aromatic heterocycles. The van der Waals surface area contributed by atoms with Gasteiger partial charge in [0.05, 0.1) is 0 Å². The fourth-order valence-corrected chi connectivity index (χ4v) is 2.45. The van der Waals surface area contributed by atoms with Crippen molar-refractivity contribution in [2.45, 2.75) is 26.3 Å². The molecule has 2 aromatic carbocycles. The number of hydrogen-bond donors (Lipinski definition) is 2. The molecule has 0 saturated carbocycles. The molecule has 1 aliphatic rings. The predicted molar refractivity (Wildman–Crippen MR) is 93.6 cm³/mol. The molecule has 3 rings (SSSR count). The number of ether oxygens (including phenoxy) is 2. The minimum Gasteiger partial charge on any atom is -0.454 e. The smallest absolute Gasteiger partial charge is 0.313 e. The Kier molecular flexibility index (Phi) is 4.88. The van der Waals surface area contributed by atoms with E-state index >= 15 is 0 Å². The second-order valence-electron chi connectivity index (χ2n) is 6.10. The van der Waals surface area contributed by atoms with Crippen molar-refractivity contribution in [1.82, 2.24) is 5.32 Å². The van der Waals surface area contributed by atoms with E-state index in [9.17, 15) is 9.59 Å². The standard InChI is InChI=1S/C19H20N2O4/c1-12(2)14-4-6-15(7-5-14)21-19(23)18(22)20-10-13-3-8-16-17(9-13)25-11-24-16/h3-9,12H,10-11H2,1-2H3,(H,20,22)(H,21,23). The van der Waals surface area contributed by atoms with Gasteiger partial charge in [0.2, 0.25) is 6.79 Å². The molecule has 130 valence electrons. The van der Waals surface area contributed by atoms with Crippen molar-refractivity contribution < 1.29 is 19.1 Å². The van der Waals surface area contributed by atoms with Crippen molar-refractivity contribution in [3.05, 3.63) is 53.6 Å². The highest BCUT2D eigenvalue weighted by Gasteiger charge is 2.16. The summed E-state index contributed by atoms with van der Waals surface area (Å²) in [5.41, 5.74) is 2.59. The van der Waals surface area contributed by atoms with Crippen LogP contribution < -0.4 is 20.1 Å². The highest BCUT2D eigenvalue weighted by Crippen LogP contribution is 2.32. The van der Waals surface area contributed by atoms with Gasteiger partial charge in [-0.3, -0.25) is 9.59 Å². The third kappa shape index (κ3) is 4.09. The Bertz CT molecular complexity index is 785. The van der Waals surface area contributed by atoms with E-state index in [1.165, 1.54) is 5.56 Å². The first-order valence-corrected chi connectivity index (χ1v) is 8.10. The molecule has 6 nitrogen and oxygen atoms in total. The lowest BCUT2D eigenvalue weighted by atomic mass is 10.0. The molecule has 0 fully saturated rings. The highest BCUT2D eigenvalue weighted by molar-refractivity contribution is 6.39. The van der Waals surface area contributed by atoms with Gasteiger partial charge < -0.3 is 20.1 Å². The molecule has 0 bridgehead atoms. The minimum absolute atomic E-state index is 0.198. The molecule has 0 unspecified atom stereocenters. The number of hydrogen-bond acceptors (Lipinski definition) is 4. The Morgan fingerprint density at radius 1 is 1.00 bits per heavy atom. The average Bonchev–Trinajstić information content (AvgIpc) is 3.07. The Balaban J connectivity index is 1.53. The van der Waals surface area contributed by atoms with Crippen molar-refractivity contribution >= 4 is 17.5 Å². The first kappa shape index (κ1) is 16.8. The second-order valence-corrected chi connectivity index (χ2v) is 6.10. The lowest BCUT2D eigenvalue weighted by Gasteiger charge is -2.09. The second kappa shape index (κ2) is 7.25. The van der Waals surface area contributed by atoms with Crippen LogP contribution in [0.4, 0.5) is 5.69 Å². The van der Waals surface area contributed by atoms with Crippen molar-refractivity contribution in [2.24, 2.45) is 0 Å². The van der Waals surface area contributed by atoms with Crippen molar-refractivity contribution in [3.8, 4) is 11.5 Å². The van der Waals surface area contributed by atoms with Gasteiger partial charge in [-0.1, -0.05) is 32.0 Å². The molecular formula is C19H20N2O4. The van der Waals surface area contributed by atoms with Gasteiger partial charge in [0, 0.05) is 12.2 Å². The zero-order valence-corrected chi connectivity index (χ0v) is 14.2. The van der Waals surface area contributed by atoms with Crippen LogP contribution in [0.3, 0.4) is 0 Å². The van der Waals surface area contributed by atoms with E-state index in [4.69, 9.17) is 9.47 Å². The van der Waals surface area contributed by atoms with Crippen LogP contribution in [0.15, 0.2) is 42.5 Å². The molecule has 1 heterocycles. The van der Waals surface area contributed by atoms with E-state index < -0.39 is 11.8 Å². The highest BCUT2D eigenvalue weighted by atomic mass is 16.7. The molecule has 2 aromatic rings. The number of carbonyl (C=O) groups excluding carboxylic acids is 2. The topological polar surface area (TPSA) is 76.7 Å². The van der Waals surface area contributed by atoms with Gasteiger partial charge in [0.25, 0.3) is 0 Å². The van der Waals surface area contributed by atoms with Crippen molar-refractivity contribution in [1.29, 1.82) is 0 Å². The Hall–Kier alpha value is -3.02. The molecule has 2 N–H and O–H groups in total. The van der Waals surface area contributed by atoms with Crippen LogP contribution in [0.2, 0.25) is 0 Å². The summed E-state index contributed by atoms with van der Waals surface area (Å²) in [5.74, 6) is 0.345. The molecule has 0 aliphatic carbocycles. The zero-order chi connectivity index (χ0) is 17.8. The van der Waals surface area contributed by atoms with E-state index in [1.54, 1.807) is 24.3 Å². The Morgan fingerprint density at radius 2 is 1.72 bits per heavy atom. The number of fused-ring (bicyclic) bond motifs is 1. The normalized spacial score (nSPS) is 12.1. The summed E-state index contributed by atoms with van der Waals surface area (Å²) in [6.07, 6.45) is 0. The predicted octanol–water partition coefficient (Wildman–Crippen LogP) is 2.79. The van der Waals surface area contributed by atoms with E-state index in [0.717, 1.165) is 5.56 Å². The molecule has 0 saturated heterocycles. The maximum Gasteiger partial charge on any atom is 0.313 e. The van der Waals surface area contributed by atoms with E-state index in [0.29, 0.717) is 23.1 Å². The van der Waals surface area contributed by atoms with Gasteiger partial charge in [-0.05, 0) is 41.3 Å². The Morgan fingerprint density at radius 3 is 2.44 bits per heavy atom. The molecule has 1 aliphatic heterocycles. The summed E-state index contributed by atoms with van der Waals surface area (Å²) < 4.78 is 10.5. The third-order valence-electron chi connectivity index (χ3n) is 3.93. The molecule has 25 heavy (non-hydrogen) atoms. The number of benzene rings is 2. The molecule has 0 atom stereocenters. The fraction of sp³-hybridized carbons (Fsp3) is 0.263. The largest absolute Gasteiger partial charge is 0.454 e. The number of carbonyl (C=O) groups is 2. The summed E-state index contributed by atoms with van der Waals surface area (Å²) in [6, 6.07) is 12.8. The molecular weight excluding hydrogens is 320 g/mol. The van der Waals surface area contributed by atoms with Gasteiger partial charge >= 0.3 is 11.8 Å². The first-order valence-electron chi connectivity index (χ1n) is 8.10. The lowest BCUT2D eigenvalue weighted by molar-refractivity contribution is -0.136. The zero-order valence-electron chi connectivity index (χ0n) is 14.2. The van der Waals surface area contributed by atoms with E-state index in [1.807, 2.05) is 18.2 Å². The van der Waals surface area contributed by atoms with Crippen molar-refractivity contribution in [3.63, 3.8) is 0 Å². The monoisotopic (exact) mass is 340 g/mol. The van der Waals surface area contributed by atoms with Gasteiger partial charge in [-0.25, -0.2) is 0 Å². The number of amides is 2. The van der Waals surface area contributed by atoms with Crippen LogP contribution in [-0.4, -0.2) is 18.6 Å². The molecule has 2 amide bonds. The van der Waals surface area contributed by atoms with Crippen molar-refractivity contribution in [2.75, 3.05) is 12.1 Å². The van der Waals surface area contributed by atoms with Crippen LogP contribution in [0, 0.1) is 0 Å². The summed E-state index contributed by atoms with van der Waals surface area (Å²) in [5, 5.41) is 5.18. The quantitative estimate of drug-likeness (QED) is 0.839. The maximum atomic E-state index is 12.0. The van der Waals surface area contributed by atoms with Crippen LogP contribution in [0.25, 0.3) is 0 Å². The molecule has 6 heteroatoms. The maximum absolute atomic E-state index is 12.0. The number of rotatable bonds is 4. The number of anilines is 1. The fourth-order valence-electron chi connectivity index (χ4n) is 2.45. The number of nitrogens with one attached hydrogen (secondary N) is 2. The Labute approximate surface area is 146 Å². The van der Waals surface area contributed by atoms with E-state index in [-0.39, 0.29) is 13.3 Å². The van der Waals surface area contributed by atoms with Gasteiger partial charge in [0.15, 0.2) is 11.5 Å². The van der Waals surface area contributed by atoms with Crippen LogP contribution in [0.1, 0.15) is 30.9 Å². The summed E-state index contributed by atoms with van der Waals surface area (Å²) in [7, 11) is 0. The summed E-state index contributed by atoms with van der Waals surface area (Å²) in [6.45, 7) is 4.62. The lowest BCUT2D eigenvalue weighted by Crippen LogP contribution is -2.34. The first-order chi connectivity index (χ1) is 12.0. The summed E-state index contributed by atoms with van der Waals surface area (Å²) in [4.78, 5) is 23.9. The van der Waals surface area contributed by atoms with Gasteiger partial charge in [0.1, 0.15) is 0 Å². The van der Waals surface area contributed by atoms with Crippen LogP contribution in [0.5, 0.6) is 11.5 Å². The SMILES string of the molecule is CC(C)c1ccc(NC(=O)C(=O)NCc2ccc3c(c2)OCO3)cc1. The van der Waals surface area contributed by atoms with Gasteiger partial charge in [-0.2, -0.15) is 0 Å². The molecule has 0 spiro atoms. The van der Waals surface area contributed by atoms with Crippen LogP contribution in [-0.2, 0) is 16.1 Å². The van der Waals surface area contributed by atoms with Gasteiger partial charge in [-0.15, -0.1) is 0 Å². The summed E-state index contributed by atoms with van der Waals surface area (Å²) >= 11 is 0. The average molecular weight is 340 g/mol. The third-order valence-corrected chi connectivity index (χ3v) is 3.93. The van der Waals surface area contributed by atoms with E-state index in [2.05, 4.69) is 24.5 Å². The molecule has 0 radical (unpaired) electrons. The van der Waals surface area contributed by atoms with Crippen LogP contribution >= 0.6 is 0 Å². The minimum atomic E-state index is -0.696.